The molecule has 1 aromatic heterocycles. The molecule has 0 spiro atoms. The molecular weight excluding hydrogens is 642 g/mol. The number of aliphatic hydroxyl groups excluding tert-OH is 1. The van der Waals surface area contributed by atoms with Gasteiger partial charge in [-0.2, -0.15) is 20.2 Å². The quantitative estimate of drug-likeness (QED) is 0.0591. The topological polar surface area (TPSA) is 191 Å². The number of ether oxygens (including phenoxy) is 2. The van der Waals surface area contributed by atoms with Crippen molar-refractivity contribution in [3.05, 3.63) is 42.5 Å². The Morgan fingerprint density at radius 1 is 0.840 bits per heavy atom. The molecule has 16 nitrogen and oxygen atoms in total. The largest absolute Gasteiger partial charge is 0.463 e. The van der Waals surface area contributed by atoms with Crippen LogP contribution in [0.25, 0.3) is 0 Å². The Kier molecular flexibility index (Phi) is 14.6. The lowest BCUT2D eigenvalue weighted by Crippen LogP contribution is -2.31. The van der Waals surface area contributed by atoms with Crippen LogP contribution in [0.5, 0.6) is 12.0 Å². The highest BCUT2D eigenvalue weighted by Crippen LogP contribution is 2.31. The van der Waals surface area contributed by atoms with Crippen molar-refractivity contribution in [1.29, 1.82) is 0 Å². The van der Waals surface area contributed by atoms with Gasteiger partial charge in [0, 0.05) is 24.5 Å². The molecule has 1 amide bonds. The molecule has 5 N–H and O–H groups in total. The van der Waals surface area contributed by atoms with Crippen LogP contribution in [0.2, 0.25) is 0 Å². The van der Waals surface area contributed by atoms with Crippen LogP contribution in [0.15, 0.2) is 52.7 Å². The number of hydrogen-bond donors (Lipinski definition) is 5. The van der Waals surface area contributed by atoms with Crippen LogP contribution < -0.4 is 30.7 Å². The number of carbonyl (C=O) groups is 2. The maximum Gasteiger partial charge on any atom is 0.324 e. The van der Waals surface area contributed by atoms with Crippen molar-refractivity contribution in [3.63, 3.8) is 0 Å². The molecule has 2 aromatic carbocycles. The number of carbonyl (C=O) groups excluding carboxylic acids is 2. The minimum Gasteiger partial charge on any atom is -0.463 e. The summed E-state index contributed by atoms with van der Waals surface area (Å²) in [4.78, 5) is 43.1. The molecule has 0 aliphatic carbocycles. The molecular formula is C34H49N11O5. The molecule has 0 saturated heterocycles. The van der Waals surface area contributed by atoms with Gasteiger partial charge < -0.3 is 45.6 Å². The maximum atomic E-state index is 12.9. The second-order valence-corrected chi connectivity index (χ2v) is 11.5. The first-order chi connectivity index (χ1) is 24.2. The third-order valence-electron chi connectivity index (χ3n) is 8.00. The number of nitrogens with zero attached hydrogens (tertiary/aromatic N) is 7. The molecule has 2 heterocycles. The van der Waals surface area contributed by atoms with Gasteiger partial charge in [0.25, 0.3) is 5.91 Å². The van der Waals surface area contributed by atoms with E-state index in [1.54, 1.807) is 42.5 Å². The summed E-state index contributed by atoms with van der Waals surface area (Å²) in [5, 5.41) is 29.4. The average Bonchev–Trinajstić information content (AvgIpc) is 3.48. The highest BCUT2D eigenvalue weighted by atomic mass is 16.5. The van der Waals surface area contributed by atoms with Gasteiger partial charge >= 0.3 is 12.0 Å². The van der Waals surface area contributed by atoms with Crippen LogP contribution >= 0.6 is 0 Å². The summed E-state index contributed by atoms with van der Waals surface area (Å²) in [7, 11) is 0. The lowest BCUT2D eigenvalue weighted by Gasteiger charge is -2.18. The van der Waals surface area contributed by atoms with E-state index in [-0.39, 0.29) is 18.0 Å². The first-order valence-electron chi connectivity index (χ1n) is 17.1. The Bertz CT molecular complexity index is 1530. The number of rotatable bonds is 21. The van der Waals surface area contributed by atoms with E-state index in [1.807, 2.05) is 0 Å². The lowest BCUT2D eigenvalue weighted by atomic mass is 10.2. The summed E-state index contributed by atoms with van der Waals surface area (Å²) in [6.45, 7) is 16.5. The zero-order chi connectivity index (χ0) is 35.9. The van der Waals surface area contributed by atoms with Gasteiger partial charge in [-0.25, -0.2) is 0 Å². The summed E-state index contributed by atoms with van der Waals surface area (Å²) >= 11 is 0. The van der Waals surface area contributed by atoms with Gasteiger partial charge in [0.05, 0.1) is 30.3 Å². The van der Waals surface area contributed by atoms with E-state index in [2.05, 4.69) is 83.9 Å². The van der Waals surface area contributed by atoms with E-state index in [0.717, 1.165) is 52.1 Å². The van der Waals surface area contributed by atoms with Crippen molar-refractivity contribution in [2.75, 3.05) is 73.7 Å². The van der Waals surface area contributed by atoms with Gasteiger partial charge in [-0.3, -0.25) is 9.59 Å². The van der Waals surface area contributed by atoms with Crippen LogP contribution in [-0.4, -0.2) is 106 Å². The number of aromatic nitrogens is 3. The predicted molar refractivity (Wildman–Crippen MR) is 193 cm³/mol. The number of amides is 1. The van der Waals surface area contributed by atoms with E-state index >= 15 is 0 Å². The molecule has 50 heavy (non-hydrogen) atoms. The first kappa shape index (κ1) is 37.9. The Balaban J connectivity index is 1.39. The molecule has 1 aliphatic rings. The molecule has 0 radical (unpaired) electrons. The van der Waals surface area contributed by atoms with Crippen molar-refractivity contribution in [2.24, 2.45) is 10.2 Å². The third-order valence-corrected chi connectivity index (χ3v) is 8.00. The number of nitrogens with one attached hydrogen (secondary N) is 4. The second-order valence-electron chi connectivity index (χ2n) is 11.5. The van der Waals surface area contributed by atoms with Gasteiger partial charge in [0.15, 0.2) is 5.78 Å². The predicted octanol–water partition coefficient (Wildman–Crippen LogP) is 4.63. The van der Waals surface area contributed by atoms with Crippen molar-refractivity contribution in [2.45, 2.75) is 59.9 Å². The second kappa shape index (κ2) is 19.3. The fourth-order valence-electron chi connectivity index (χ4n) is 5.10. The van der Waals surface area contributed by atoms with Gasteiger partial charge in [-0.05, 0) is 88.4 Å². The van der Waals surface area contributed by atoms with Crippen molar-refractivity contribution < 1.29 is 24.2 Å². The number of anilines is 5. The van der Waals surface area contributed by atoms with Crippen LogP contribution in [0, 0.1) is 0 Å². The minimum atomic E-state index is -1.35. The van der Waals surface area contributed by atoms with E-state index in [9.17, 15) is 14.7 Å². The molecule has 2 atom stereocenters. The SMILES string of the molecule is CCN(CC)CCCOc1nc(Nc2ccc(N=NC(C(C)=O)C(=O)Nc3ccc4c(c3)NC(O)N4)cc2)nc(OCCCN(CC)CC)n1. The summed E-state index contributed by atoms with van der Waals surface area (Å²) in [5.74, 6) is -0.835. The number of azo groups is 1. The smallest absolute Gasteiger partial charge is 0.324 e. The van der Waals surface area contributed by atoms with Crippen LogP contribution in [0.4, 0.5) is 34.4 Å². The zero-order valence-electron chi connectivity index (χ0n) is 29.5. The molecule has 0 fully saturated rings. The highest BCUT2D eigenvalue weighted by Gasteiger charge is 2.24. The maximum absolute atomic E-state index is 12.9. The summed E-state index contributed by atoms with van der Waals surface area (Å²) in [6, 6.07) is 10.9. The summed E-state index contributed by atoms with van der Waals surface area (Å²) < 4.78 is 11.8. The number of benzene rings is 2. The summed E-state index contributed by atoms with van der Waals surface area (Å²) in [6.07, 6.45) is 0.737. The normalized spacial score (nSPS) is 14.3. The van der Waals surface area contributed by atoms with Crippen molar-refractivity contribution in [3.8, 4) is 12.0 Å². The Hall–Kier alpha value is -4.93. The Morgan fingerprint density at radius 3 is 1.96 bits per heavy atom. The fourth-order valence-corrected chi connectivity index (χ4v) is 5.10. The monoisotopic (exact) mass is 691 g/mol. The third kappa shape index (κ3) is 11.6. The lowest BCUT2D eigenvalue weighted by molar-refractivity contribution is -0.126. The number of fused-ring (bicyclic) bond motifs is 1. The van der Waals surface area contributed by atoms with Gasteiger partial charge in [0.1, 0.15) is 0 Å². The van der Waals surface area contributed by atoms with E-state index < -0.39 is 24.1 Å². The molecule has 2 unspecified atom stereocenters. The van der Waals surface area contributed by atoms with Crippen molar-refractivity contribution >= 4 is 46.1 Å². The fraction of sp³-hybridized carbons (Fsp3) is 0.500. The minimum absolute atomic E-state index is 0.171. The van der Waals surface area contributed by atoms with Crippen LogP contribution in [0.1, 0.15) is 47.5 Å². The standard InChI is InChI=1S/C34H49N11O5/c1-6-44(7-2)18-10-20-49-33-39-31(40-34(41-33)50-21-11-19-45(8-3)9-4)36-24-12-14-25(15-13-24)42-43-29(23(5)46)30(47)35-26-16-17-27-28(22-26)38-32(48)37-27/h12-17,22,29,32,37-38,48H,6-11,18-21H2,1-5H3,(H,35,47)(H,36,39,40,41). The number of hydrogen-bond acceptors (Lipinski definition) is 15. The highest BCUT2D eigenvalue weighted by molar-refractivity contribution is 6.10. The molecule has 0 saturated carbocycles. The van der Waals surface area contributed by atoms with Gasteiger partial charge in [0.2, 0.25) is 18.3 Å². The van der Waals surface area contributed by atoms with Gasteiger partial charge in [-0.15, -0.1) is 4.98 Å². The van der Waals surface area contributed by atoms with Crippen LogP contribution in [-0.2, 0) is 9.59 Å². The van der Waals surface area contributed by atoms with E-state index in [0.29, 0.717) is 41.7 Å². The van der Waals surface area contributed by atoms with E-state index in [1.165, 1.54) is 6.92 Å². The average molecular weight is 692 g/mol. The summed E-state index contributed by atoms with van der Waals surface area (Å²) in [5.41, 5.74) is 2.83. The van der Waals surface area contributed by atoms with Crippen LogP contribution in [0.3, 0.4) is 0 Å². The van der Waals surface area contributed by atoms with Gasteiger partial charge in [-0.1, -0.05) is 27.7 Å². The van der Waals surface area contributed by atoms with Crippen molar-refractivity contribution in [1.82, 2.24) is 24.8 Å². The molecule has 0 bridgehead atoms. The Morgan fingerprint density at radius 2 is 1.40 bits per heavy atom. The number of aliphatic hydroxyl groups is 1. The molecule has 4 rings (SSSR count). The number of Topliss-reactive ketones (excluding diaryl/α,β-unsaturated/α-hetero) is 1. The number of ketones is 1. The molecule has 16 heteroatoms. The molecule has 1 aliphatic heterocycles. The first-order valence-corrected chi connectivity index (χ1v) is 17.1. The zero-order valence-corrected chi connectivity index (χ0v) is 29.5. The molecule has 270 valence electrons. The van der Waals surface area contributed by atoms with E-state index in [4.69, 9.17) is 9.47 Å². The molecule has 3 aromatic rings. The Labute approximate surface area is 293 Å².